The van der Waals surface area contributed by atoms with Gasteiger partial charge in [-0.25, -0.2) is 4.98 Å². The Morgan fingerprint density at radius 3 is 2.96 bits per heavy atom. The highest BCUT2D eigenvalue weighted by Crippen LogP contribution is 2.25. The summed E-state index contributed by atoms with van der Waals surface area (Å²) in [6.45, 7) is 3.74. The van der Waals surface area contributed by atoms with Crippen LogP contribution in [0.3, 0.4) is 0 Å². The first-order valence-corrected chi connectivity index (χ1v) is 9.59. The molecule has 26 heavy (non-hydrogen) atoms. The van der Waals surface area contributed by atoms with Gasteiger partial charge in [-0.05, 0) is 31.9 Å². The summed E-state index contributed by atoms with van der Waals surface area (Å²) in [6.07, 6.45) is 5.89. The molecule has 1 unspecified atom stereocenters. The number of nitrogens with zero attached hydrogens (tertiary/aromatic N) is 3. The summed E-state index contributed by atoms with van der Waals surface area (Å²) in [5, 5.41) is 12.1. The number of carboxylic acids is 1. The third-order valence-electron chi connectivity index (χ3n) is 4.65. The van der Waals surface area contributed by atoms with Gasteiger partial charge in [0, 0.05) is 37.0 Å². The average molecular weight is 377 g/mol. The number of carboxylic acid groups (broad SMARTS) is 1. The van der Waals surface area contributed by atoms with Crippen molar-refractivity contribution < 1.29 is 19.1 Å². The molecule has 1 aliphatic heterocycles. The first-order chi connectivity index (χ1) is 12.5. The number of rotatable bonds is 6. The number of hydrogen-bond acceptors (Lipinski definition) is 6. The molecule has 0 aliphatic carbocycles. The number of likely N-dealkylation sites (tertiary alicyclic amines) is 1. The molecular formula is C18H23N3O4S. The van der Waals surface area contributed by atoms with E-state index in [1.165, 1.54) is 11.8 Å². The molecule has 2 aromatic heterocycles. The zero-order chi connectivity index (χ0) is 18.5. The van der Waals surface area contributed by atoms with Gasteiger partial charge in [-0.1, -0.05) is 0 Å². The van der Waals surface area contributed by atoms with Crippen molar-refractivity contribution in [1.29, 1.82) is 0 Å². The molecule has 1 amide bonds. The molecule has 1 N–H and O–H groups in total. The van der Waals surface area contributed by atoms with Crippen LogP contribution in [0.25, 0.3) is 10.6 Å². The number of hydrogen-bond donors (Lipinski definition) is 1. The molecule has 3 heterocycles. The van der Waals surface area contributed by atoms with Crippen molar-refractivity contribution in [2.45, 2.75) is 38.8 Å². The fourth-order valence-electron chi connectivity index (χ4n) is 3.38. The van der Waals surface area contributed by atoms with Gasteiger partial charge in [-0.15, -0.1) is 11.3 Å². The summed E-state index contributed by atoms with van der Waals surface area (Å²) in [5.74, 6) is -1.13. The third kappa shape index (κ3) is 4.70. The Bertz CT molecular complexity index is 743. The molecule has 0 aromatic carbocycles. The van der Waals surface area contributed by atoms with E-state index < -0.39 is 5.97 Å². The standard InChI is InChI=1S/C18H23N3O4S/c1-13(22)21(10-17(23)24)16-3-2-6-20(7-4-16)9-15-12-26-18(19-15)14-5-8-25-11-14/h5,8,11-12,16H,2-4,6-7,9-10H2,1H3,(H,23,24). The minimum absolute atomic E-state index is 0.00877. The van der Waals surface area contributed by atoms with Crippen LogP contribution in [-0.4, -0.2) is 57.4 Å². The van der Waals surface area contributed by atoms with Gasteiger partial charge in [-0.3, -0.25) is 14.5 Å². The Morgan fingerprint density at radius 1 is 1.42 bits per heavy atom. The number of aromatic nitrogens is 1. The second kappa shape index (κ2) is 8.46. The van der Waals surface area contributed by atoms with E-state index in [1.807, 2.05) is 6.07 Å². The maximum Gasteiger partial charge on any atom is 0.323 e. The van der Waals surface area contributed by atoms with E-state index in [9.17, 15) is 9.59 Å². The smallest absolute Gasteiger partial charge is 0.323 e. The molecule has 0 spiro atoms. The van der Waals surface area contributed by atoms with E-state index in [0.717, 1.165) is 55.2 Å². The minimum Gasteiger partial charge on any atom is -0.480 e. The Hall–Kier alpha value is -2.19. The highest BCUT2D eigenvalue weighted by molar-refractivity contribution is 7.13. The summed E-state index contributed by atoms with van der Waals surface area (Å²) in [4.78, 5) is 31.3. The lowest BCUT2D eigenvalue weighted by Gasteiger charge is -2.28. The van der Waals surface area contributed by atoms with Crippen LogP contribution in [0.4, 0.5) is 0 Å². The van der Waals surface area contributed by atoms with Gasteiger partial charge in [0.05, 0.1) is 12.0 Å². The molecule has 2 aromatic rings. The van der Waals surface area contributed by atoms with E-state index in [0.29, 0.717) is 0 Å². The third-order valence-corrected chi connectivity index (χ3v) is 5.59. The molecule has 1 saturated heterocycles. The van der Waals surface area contributed by atoms with Crippen molar-refractivity contribution >= 4 is 23.2 Å². The van der Waals surface area contributed by atoms with Gasteiger partial charge >= 0.3 is 5.97 Å². The zero-order valence-electron chi connectivity index (χ0n) is 14.8. The summed E-state index contributed by atoms with van der Waals surface area (Å²) >= 11 is 1.60. The Balaban J connectivity index is 1.58. The van der Waals surface area contributed by atoms with Gasteiger partial charge < -0.3 is 14.4 Å². The van der Waals surface area contributed by atoms with Crippen LogP contribution in [0.1, 0.15) is 31.9 Å². The van der Waals surface area contributed by atoms with Crippen LogP contribution in [0.2, 0.25) is 0 Å². The summed E-state index contributed by atoms with van der Waals surface area (Å²) in [5.41, 5.74) is 2.02. The van der Waals surface area contributed by atoms with E-state index in [4.69, 9.17) is 9.52 Å². The average Bonchev–Trinajstić information content (AvgIpc) is 3.21. The summed E-state index contributed by atoms with van der Waals surface area (Å²) in [7, 11) is 0. The number of carbonyl (C=O) groups excluding carboxylic acids is 1. The lowest BCUT2D eigenvalue weighted by atomic mass is 10.1. The van der Waals surface area contributed by atoms with Crippen molar-refractivity contribution in [3.8, 4) is 10.6 Å². The molecule has 0 radical (unpaired) electrons. The second-order valence-electron chi connectivity index (χ2n) is 6.56. The van der Waals surface area contributed by atoms with Gasteiger partial charge in [0.1, 0.15) is 17.8 Å². The lowest BCUT2D eigenvalue weighted by Crippen LogP contribution is -2.42. The van der Waals surface area contributed by atoms with E-state index in [1.54, 1.807) is 23.9 Å². The second-order valence-corrected chi connectivity index (χ2v) is 7.42. The van der Waals surface area contributed by atoms with Crippen molar-refractivity contribution in [3.63, 3.8) is 0 Å². The highest BCUT2D eigenvalue weighted by Gasteiger charge is 2.26. The molecule has 7 nitrogen and oxygen atoms in total. The quantitative estimate of drug-likeness (QED) is 0.833. The number of furan rings is 1. The number of carbonyl (C=O) groups is 2. The van der Waals surface area contributed by atoms with E-state index in [-0.39, 0.29) is 18.5 Å². The Kier molecular flexibility index (Phi) is 6.05. The van der Waals surface area contributed by atoms with Gasteiger partial charge in [-0.2, -0.15) is 0 Å². The van der Waals surface area contributed by atoms with Crippen LogP contribution in [0.15, 0.2) is 28.4 Å². The highest BCUT2D eigenvalue weighted by atomic mass is 32.1. The zero-order valence-corrected chi connectivity index (χ0v) is 15.6. The molecule has 3 rings (SSSR count). The Labute approximate surface area is 156 Å². The topological polar surface area (TPSA) is 86.9 Å². The molecule has 1 atom stereocenters. The van der Waals surface area contributed by atoms with Gasteiger partial charge in [0.15, 0.2) is 0 Å². The van der Waals surface area contributed by atoms with Crippen molar-refractivity contribution in [2.75, 3.05) is 19.6 Å². The van der Waals surface area contributed by atoms with Crippen LogP contribution in [-0.2, 0) is 16.1 Å². The monoisotopic (exact) mass is 377 g/mol. The first-order valence-electron chi connectivity index (χ1n) is 8.71. The maximum atomic E-state index is 11.8. The van der Waals surface area contributed by atoms with Crippen molar-refractivity contribution in [2.24, 2.45) is 0 Å². The fourth-order valence-corrected chi connectivity index (χ4v) is 4.18. The Morgan fingerprint density at radius 2 is 2.27 bits per heavy atom. The minimum atomic E-state index is -0.962. The molecular weight excluding hydrogens is 354 g/mol. The fraction of sp³-hybridized carbons (Fsp3) is 0.500. The number of thiazole rings is 1. The molecule has 0 saturated carbocycles. The SMILES string of the molecule is CC(=O)N(CC(=O)O)C1CCCN(Cc2csc(-c3ccoc3)n2)CC1. The number of aliphatic carboxylic acids is 1. The molecule has 8 heteroatoms. The molecule has 140 valence electrons. The van der Waals surface area contributed by atoms with Crippen molar-refractivity contribution in [3.05, 3.63) is 29.7 Å². The van der Waals surface area contributed by atoms with Crippen LogP contribution in [0.5, 0.6) is 0 Å². The largest absolute Gasteiger partial charge is 0.480 e. The van der Waals surface area contributed by atoms with E-state index >= 15 is 0 Å². The number of amides is 1. The predicted octanol–water partition coefficient (Wildman–Crippen LogP) is 2.69. The predicted molar refractivity (Wildman–Crippen MR) is 97.8 cm³/mol. The van der Waals surface area contributed by atoms with Crippen LogP contribution in [0, 0.1) is 0 Å². The van der Waals surface area contributed by atoms with Gasteiger partial charge in [0.25, 0.3) is 0 Å². The summed E-state index contributed by atoms with van der Waals surface area (Å²) in [6, 6.07) is 1.89. The summed E-state index contributed by atoms with van der Waals surface area (Å²) < 4.78 is 5.11. The van der Waals surface area contributed by atoms with Crippen LogP contribution < -0.4 is 0 Å². The van der Waals surface area contributed by atoms with Crippen molar-refractivity contribution in [1.82, 2.24) is 14.8 Å². The first kappa shape index (κ1) is 18.6. The molecule has 1 aliphatic rings. The lowest BCUT2D eigenvalue weighted by molar-refractivity contribution is -0.145. The maximum absolute atomic E-state index is 11.8. The molecule has 1 fully saturated rings. The normalized spacial score (nSPS) is 18.4. The van der Waals surface area contributed by atoms with E-state index in [2.05, 4.69) is 15.3 Å². The molecule has 0 bridgehead atoms. The van der Waals surface area contributed by atoms with Crippen LogP contribution >= 0.6 is 11.3 Å². The van der Waals surface area contributed by atoms with Gasteiger partial charge in [0.2, 0.25) is 5.91 Å².